The van der Waals surface area contributed by atoms with E-state index >= 15 is 0 Å². The lowest BCUT2D eigenvalue weighted by molar-refractivity contribution is 0.319. The maximum absolute atomic E-state index is 5.51. The Hall–Kier alpha value is -1.68. The minimum absolute atomic E-state index is 0.390. The Kier molecular flexibility index (Phi) is 3.03. The van der Waals surface area contributed by atoms with Crippen LogP contribution in [0.25, 0.3) is 0 Å². The van der Waals surface area contributed by atoms with Crippen LogP contribution < -0.4 is 5.32 Å². The van der Waals surface area contributed by atoms with Gasteiger partial charge in [-0.1, -0.05) is 29.4 Å². The van der Waals surface area contributed by atoms with E-state index < -0.39 is 0 Å². The van der Waals surface area contributed by atoms with Crippen molar-refractivity contribution in [3.05, 3.63) is 47.1 Å². The highest BCUT2D eigenvalue weighted by molar-refractivity contribution is 5.34. The van der Waals surface area contributed by atoms with Crippen molar-refractivity contribution < 1.29 is 4.52 Å². The van der Waals surface area contributed by atoms with Crippen LogP contribution in [-0.2, 0) is 12.8 Å². The van der Waals surface area contributed by atoms with E-state index in [-0.39, 0.29) is 0 Å². The van der Waals surface area contributed by atoms with Gasteiger partial charge in [0.15, 0.2) is 5.82 Å². The van der Waals surface area contributed by atoms with Crippen molar-refractivity contribution in [2.45, 2.75) is 37.5 Å². The second kappa shape index (κ2) is 5.02. The summed E-state index contributed by atoms with van der Waals surface area (Å²) in [5.41, 5.74) is 2.87. The van der Waals surface area contributed by atoms with Gasteiger partial charge in [-0.05, 0) is 43.4 Å². The predicted molar refractivity (Wildman–Crippen MR) is 75.7 cm³/mol. The van der Waals surface area contributed by atoms with Gasteiger partial charge in [0.2, 0.25) is 5.89 Å². The van der Waals surface area contributed by atoms with E-state index in [1.807, 2.05) is 0 Å². The smallest absolute Gasteiger partial charge is 0.231 e. The predicted octanol–water partition coefficient (Wildman–Crippen LogP) is 2.42. The number of fused-ring (bicyclic) bond motifs is 1. The topological polar surface area (TPSA) is 51.0 Å². The van der Waals surface area contributed by atoms with E-state index in [0.717, 1.165) is 44.1 Å². The molecule has 1 N–H and O–H groups in total. The summed E-state index contributed by atoms with van der Waals surface area (Å²) >= 11 is 0. The summed E-state index contributed by atoms with van der Waals surface area (Å²) in [5.74, 6) is 2.50. The third-order valence-electron chi connectivity index (χ3n) is 4.52. The molecule has 4 rings (SSSR count). The lowest BCUT2D eigenvalue weighted by Gasteiger charge is -2.18. The molecule has 2 aromatic rings. The summed E-state index contributed by atoms with van der Waals surface area (Å²) in [6.45, 7) is 2.07. The Balaban J connectivity index is 1.52. The number of nitrogens with one attached hydrogen (secondary N) is 1. The Morgan fingerprint density at radius 3 is 2.60 bits per heavy atom. The molecule has 104 valence electrons. The zero-order chi connectivity index (χ0) is 13.4. The van der Waals surface area contributed by atoms with Crippen molar-refractivity contribution in [2.24, 2.45) is 0 Å². The Labute approximate surface area is 118 Å². The number of hydrogen-bond donors (Lipinski definition) is 1. The van der Waals surface area contributed by atoms with Crippen LogP contribution in [0.1, 0.15) is 47.5 Å². The largest absolute Gasteiger partial charge is 0.339 e. The third kappa shape index (κ3) is 2.14. The van der Waals surface area contributed by atoms with Crippen LogP contribution in [0, 0.1) is 0 Å². The lowest BCUT2D eigenvalue weighted by atomic mass is 9.99. The van der Waals surface area contributed by atoms with Gasteiger partial charge in [0, 0.05) is 12.5 Å². The molecule has 0 spiro atoms. The van der Waals surface area contributed by atoms with Gasteiger partial charge < -0.3 is 9.84 Å². The Bertz CT molecular complexity index is 576. The number of rotatable bonds is 2. The van der Waals surface area contributed by atoms with Crippen molar-refractivity contribution in [3.8, 4) is 0 Å². The fourth-order valence-corrected chi connectivity index (χ4v) is 3.38. The molecule has 1 fully saturated rings. The van der Waals surface area contributed by atoms with Gasteiger partial charge in [0.25, 0.3) is 0 Å². The molecule has 0 saturated carbocycles. The van der Waals surface area contributed by atoms with E-state index in [0.29, 0.717) is 11.8 Å². The van der Waals surface area contributed by atoms with Crippen molar-refractivity contribution in [2.75, 3.05) is 13.1 Å². The van der Waals surface area contributed by atoms with E-state index in [1.165, 1.54) is 17.5 Å². The van der Waals surface area contributed by atoms with Crippen LogP contribution in [0.4, 0.5) is 0 Å². The molecule has 2 aliphatic rings. The molecule has 1 atom stereocenters. The summed E-state index contributed by atoms with van der Waals surface area (Å²) < 4.78 is 5.51. The molecule has 0 bridgehead atoms. The average molecular weight is 269 g/mol. The maximum Gasteiger partial charge on any atom is 0.231 e. The van der Waals surface area contributed by atoms with Crippen LogP contribution >= 0.6 is 0 Å². The van der Waals surface area contributed by atoms with Crippen LogP contribution in [0.15, 0.2) is 28.8 Å². The number of piperidine rings is 1. The van der Waals surface area contributed by atoms with Crippen LogP contribution in [-0.4, -0.2) is 23.2 Å². The zero-order valence-corrected chi connectivity index (χ0v) is 11.5. The molecule has 4 heteroatoms. The number of nitrogens with zero attached hydrogens (tertiary/aromatic N) is 2. The average Bonchev–Trinajstić information content (AvgIpc) is 3.14. The number of benzene rings is 1. The quantitative estimate of drug-likeness (QED) is 0.909. The van der Waals surface area contributed by atoms with E-state index in [9.17, 15) is 0 Å². The molecule has 1 aliphatic heterocycles. The summed E-state index contributed by atoms with van der Waals surface area (Å²) in [5, 5.41) is 7.64. The van der Waals surface area contributed by atoms with Crippen molar-refractivity contribution in [3.63, 3.8) is 0 Å². The molecule has 4 nitrogen and oxygen atoms in total. The SMILES string of the molecule is c1ccc2c(c1)CC(c1noc(C3CCCNC3)n1)C2. The highest BCUT2D eigenvalue weighted by Gasteiger charge is 2.28. The minimum atomic E-state index is 0.390. The van der Waals surface area contributed by atoms with Gasteiger partial charge in [-0.15, -0.1) is 0 Å². The van der Waals surface area contributed by atoms with Gasteiger partial charge in [-0.2, -0.15) is 4.98 Å². The molecule has 0 amide bonds. The van der Waals surface area contributed by atoms with E-state index in [4.69, 9.17) is 4.52 Å². The van der Waals surface area contributed by atoms with Crippen LogP contribution in [0.5, 0.6) is 0 Å². The van der Waals surface area contributed by atoms with Crippen molar-refractivity contribution in [1.29, 1.82) is 0 Å². The highest BCUT2D eigenvalue weighted by Crippen LogP contribution is 2.33. The molecular weight excluding hydrogens is 250 g/mol. The van der Waals surface area contributed by atoms with Gasteiger partial charge in [-0.3, -0.25) is 0 Å². The first-order chi connectivity index (χ1) is 9.90. The Morgan fingerprint density at radius 2 is 1.90 bits per heavy atom. The molecule has 1 aliphatic carbocycles. The van der Waals surface area contributed by atoms with Crippen molar-refractivity contribution in [1.82, 2.24) is 15.5 Å². The maximum atomic E-state index is 5.51. The fraction of sp³-hybridized carbons (Fsp3) is 0.500. The zero-order valence-electron chi connectivity index (χ0n) is 11.5. The van der Waals surface area contributed by atoms with Crippen molar-refractivity contribution >= 4 is 0 Å². The summed E-state index contributed by atoms with van der Waals surface area (Å²) in [6.07, 6.45) is 4.42. The summed E-state index contributed by atoms with van der Waals surface area (Å²) in [7, 11) is 0. The number of hydrogen-bond acceptors (Lipinski definition) is 4. The summed E-state index contributed by atoms with van der Waals surface area (Å²) in [6, 6.07) is 8.63. The number of aromatic nitrogens is 2. The molecule has 1 aromatic carbocycles. The van der Waals surface area contributed by atoms with Crippen LogP contribution in [0.3, 0.4) is 0 Å². The molecular formula is C16H19N3O. The molecule has 1 unspecified atom stereocenters. The first-order valence-electron chi connectivity index (χ1n) is 7.51. The monoisotopic (exact) mass is 269 g/mol. The van der Waals surface area contributed by atoms with Gasteiger partial charge in [-0.25, -0.2) is 0 Å². The Morgan fingerprint density at radius 1 is 1.10 bits per heavy atom. The second-order valence-electron chi connectivity index (χ2n) is 5.91. The molecule has 2 heterocycles. The highest BCUT2D eigenvalue weighted by atomic mass is 16.5. The van der Waals surface area contributed by atoms with Gasteiger partial charge >= 0.3 is 0 Å². The van der Waals surface area contributed by atoms with Gasteiger partial charge in [0.05, 0.1) is 5.92 Å². The fourth-order valence-electron chi connectivity index (χ4n) is 3.38. The van der Waals surface area contributed by atoms with E-state index in [1.54, 1.807) is 0 Å². The first kappa shape index (κ1) is 12.1. The lowest BCUT2D eigenvalue weighted by Crippen LogP contribution is -2.28. The molecule has 1 saturated heterocycles. The minimum Gasteiger partial charge on any atom is -0.339 e. The second-order valence-corrected chi connectivity index (χ2v) is 5.91. The third-order valence-corrected chi connectivity index (χ3v) is 4.52. The van der Waals surface area contributed by atoms with E-state index in [2.05, 4.69) is 39.7 Å². The summed E-state index contributed by atoms with van der Waals surface area (Å²) in [4.78, 5) is 4.68. The molecule has 20 heavy (non-hydrogen) atoms. The first-order valence-corrected chi connectivity index (χ1v) is 7.51. The molecule has 0 radical (unpaired) electrons. The van der Waals surface area contributed by atoms with Crippen LogP contribution in [0.2, 0.25) is 0 Å². The molecule has 1 aromatic heterocycles. The standard InChI is InChI=1S/C16H19N3O/c1-2-5-12-9-14(8-11(12)4-1)15-18-16(20-19-15)13-6-3-7-17-10-13/h1-2,4-5,13-14,17H,3,6-10H2. The van der Waals surface area contributed by atoms with Gasteiger partial charge in [0.1, 0.15) is 0 Å². The normalized spacial score (nSPS) is 22.9.